The number of rotatable bonds is 3. The largest absolute Gasteiger partial charge is 0.441 e. The second kappa shape index (κ2) is 6.20. The Balaban J connectivity index is 2.29. The van der Waals surface area contributed by atoms with Crippen LogP contribution in [0.1, 0.15) is 37.1 Å². The number of fused-ring (bicyclic) bond motifs is 1. The molecule has 24 heavy (non-hydrogen) atoms. The molecule has 0 fully saturated rings. The molecule has 6 nitrogen and oxygen atoms in total. The zero-order chi connectivity index (χ0) is 17.3. The normalized spacial score (nSPS) is 19.6. The number of hydrogen-bond donors (Lipinski definition) is 3. The first kappa shape index (κ1) is 15.8. The number of amidine groups is 1. The van der Waals surface area contributed by atoms with E-state index in [-0.39, 0.29) is 5.92 Å². The Morgan fingerprint density at radius 2 is 2.25 bits per heavy atom. The van der Waals surface area contributed by atoms with Crippen molar-refractivity contribution >= 4 is 16.9 Å². The lowest BCUT2D eigenvalue weighted by molar-refractivity contribution is -0.404. The standard InChI is InChI=1S/C18H19N5O/c1-3-5-14-12(8-19)16(13(9-20)18(21)23-14)11-6-4-7-15-17(11)22-10(2)24-15/h4,6-7,9,16H,3,5,20H2,1-2H3,(H2,21,23)/p+1/b13-9-. The van der Waals surface area contributed by atoms with E-state index in [2.05, 4.69) is 23.0 Å². The molecule has 0 spiro atoms. The van der Waals surface area contributed by atoms with Crippen molar-refractivity contribution in [2.45, 2.75) is 32.6 Å². The van der Waals surface area contributed by atoms with Gasteiger partial charge in [-0.25, -0.2) is 9.98 Å². The molecule has 0 amide bonds. The number of aryl methyl sites for hydroxylation is 1. The summed E-state index contributed by atoms with van der Waals surface area (Å²) in [5.41, 5.74) is 16.4. The SMILES string of the molecule is CCCC1=C(C#N)C(c2cccc3oc(C)nc23)/C(=C/N)C(N)=[NH+]1. The number of nitrogens with one attached hydrogen (secondary N) is 1. The van der Waals surface area contributed by atoms with Crippen LogP contribution < -0.4 is 16.5 Å². The van der Waals surface area contributed by atoms with Crippen LogP contribution in [0.4, 0.5) is 0 Å². The smallest absolute Gasteiger partial charge is 0.276 e. The highest BCUT2D eigenvalue weighted by atomic mass is 16.3. The van der Waals surface area contributed by atoms with Gasteiger partial charge in [0.05, 0.1) is 23.1 Å². The summed E-state index contributed by atoms with van der Waals surface area (Å²) in [6.45, 7) is 3.86. The molecule has 0 aliphatic carbocycles. The molecule has 3 rings (SSSR count). The molecule has 0 saturated carbocycles. The van der Waals surface area contributed by atoms with Gasteiger partial charge < -0.3 is 10.2 Å². The lowest BCUT2D eigenvalue weighted by Gasteiger charge is -2.22. The van der Waals surface area contributed by atoms with Gasteiger partial charge in [0.2, 0.25) is 0 Å². The lowest BCUT2D eigenvalue weighted by atomic mass is 9.81. The van der Waals surface area contributed by atoms with E-state index in [0.29, 0.717) is 28.5 Å². The van der Waals surface area contributed by atoms with E-state index in [4.69, 9.17) is 15.9 Å². The molecule has 1 aliphatic rings. The van der Waals surface area contributed by atoms with Crippen molar-refractivity contribution in [1.82, 2.24) is 4.98 Å². The van der Waals surface area contributed by atoms with Crippen molar-refractivity contribution in [3.63, 3.8) is 0 Å². The van der Waals surface area contributed by atoms with Crippen LogP contribution in [0.15, 0.2) is 45.7 Å². The molecular formula is C18H20N5O+. The molecule has 5 N–H and O–H groups in total. The molecule has 1 unspecified atom stereocenters. The molecule has 1 aromatic heterocycles. The maximum absolute atomic E-state index is 9.79. The van der Waals surface area contributed by atoms with Crippen LogP contribution in [0.5, 0.6) is 0 Å². The minimum Gasteiger partial charge on any atom is -0.441 e. The predicted molar refractivity (Wildman–Crippen MR) is 91.5 cm³/mol. The Kier molecular flexibility index (Phi) is 4.09. The number of nitriles is 1. The number of aromatic nitrogens is 1. The maximum atomic E-state index is 9.79. The minimum absolute atomic E-state index is 0.351. The monoisotopic (exact) mass is 322 g/mol. The van der Waals surface area contributed by atoms with E-state index in [9.17, 15) is 5.26 Å². The first-order valence-corrected chi connectivity index (χ1v) is 7.91. The summed E-state index contributed by atoms with van der Waals surface area (Å²) in [5.74, 6) is 0.705. The third-order valence-electron chi connectivity index (χ3n) is 4.19. The zero-order valence-corrected chi connectivity index (χ0v) is 13.8. The number of para-hydroxylation sites is 1. The molecule has 122 valence electrons. The molecule has 0 bridgehead atoms. The zero-order valence-electron chi connectivity index (χ0n) is 13.8. The van der Waals surface area contributed by atoms with Gasteiger partial charge >= 0.3 is 0 Å². The quantitative estimate of drug-likeness (QED) is 0.782. The number of allylic oxidation sites excluding steroid dienone is 2. The van der Waals surface area contributed by atoms with Gasteiger partial charge in [-0.05, 0) is 18.1 Å². The second-order valence-corrected chi connectivity index (χ2v) is 5.77. The van der Waals surface area contributed by atoms with Crippen molar-refractivity contribution in [2.24, 2.45) is 11.5 Å². The highest BCUT2D eigenvalue weighted by Gasteiger charge is 2.35. The maximum Gasteiger partial charge on any atom is 0.276 e. The first-order chi connectivity index (χ1) is 11.6. The topological polar surface area (TPSA) is 116 Å². The fourth-order valence-electron chi connectivity index (χ4n) is 3.19. The van der Waals surface area contributed by atoms with Crippen LogP contribution >= 0.6 is 0 Å². The number of oxazole rings is 1. The summed E-state index contributed by atoms with van der Waals surface area (Å²) in [4.78, 5) is 7.62. The second-order valence-electron chi connectivity index (χ2n) is 5.77. The van der Waals surface area contributed by atoms with Gasteiger partial charge in [0.15, 0.2) is 11.5 Å². The predicted octanol–water partition coefficient (Wildman–Crippen LogP) is 1.09. The van der Waals surface area contributed by atoms with E-state index in [0.717, 1.165) is 29.6 Å². The molecule has 2 heterocycles. The summed E-state index contributed by atoms with van der Waals surface area (Å²) in [7, 11) is 0. The number of nitrogens with two attached hydrogens (primary N) is 2. The Morgan fingerprint density at radius 3 is 2.92 bits per heavy atom. The van der Waals surface area contributed by atoms with E-state index < -0.39 is 0 Å². The summed E-state index contributed by atoms with van der Waals surface area (Å²) < 4.78 is 5.62. The highest BCUT2D eigenvalue weighted by molar-refractivity contribution is 5.97. The van der Waals surface area contributed by atoms with Gasteiger partial charge in [0, 0.05) is 19.5 Å². The van der Waals surface area contributed by atoms with E-state index in [1.54, 1.807) is 6.92 Å². The van der Waals surface area contributed by atoms with E-state index in [1.165, 1.54) is 6.20 Å². The fraction of sp³-hybridized carbons (Fsp3) is 0.278. The minimum atomic E-state index is -0.351. The summed E-state index contributed by atoms with van der Waals surface area (Å²) in [5, 5.41) is 9.79. The van der Waals surface area contributed by atoms with Crippen LogP contribution in [-0.4, -0.2) is 10.8 Å². The van der Waals surface area contributed by atoms with Crippen LogP contribution in [0.3, 0.4) is 0 Å². The summed E-state index contributed by atoms with van der Waals surface area (Å²) >= 11 is 0. The van der Waals surface area contributed by atoms with E-state index in [1.807, 2.05) is 18.2 Å². The van der Waals surface area contributed by atoms with Crippen LogP contribution in [0, 0.1) is 18.3 Å². The molecule has 2 aromatic rings. The van der Waals surface area contributed by atoms with Gasteiger partial charge in [0.1, 0.15) is 11.2 Å². The highest BCUT2D eigenvalue weighted by Crippen LogP contribution is 2.37. The number of benzene rings is 1. The Morgan fingerprint density at radius 1 is 1.46 bits per heavy atom. The lowest BCUT2D eigenvalue weighted by Crippen LogP contribution is -2.76. The molecule has 1 atom stereocenters. The van der Waals surface area contributed by atoms with Gasteiger partial charge in [-0.1, -0.05) is 19.1 Å². The van der Waals surface area contributed by atoms with Crippen molar-refractivity contribution < 1.29 is 9.41 Å². The van der Waals surface area contributed by atoms with Gasteiger partial charge in [0.25, 0.3) is 5.84 Å². The van der Waals surface area contributed by atoms with Crippen molar-refractivity contribution in [3.05, 3.63) is 52.7 Å². The van der Waals surface area contributed by atoms with Gasteiger partial charge in [-0.3, -0.25) is 5.73 Å². The Bertz CT molecular complexity index is 927. The summed E-state index contributed by atoms with van der Waals surface area (Å²) in [6, 6.07) is 8.03. The number of hydrogen-bond acceptors (Lipinski definition) is 5. The Hall–Kier alpha value is -3.07. The summed E-state index contributed by atoms with van der Waals surface area (Å²) in [6.07, 6.45) is 3.10. The average Bonchev–Trinajstić information content (AvgIpc) is 2.94. The molecule has 1 aromatic carbocycles. The average molecular weight is 322 g/mol. The first-order valence-electron chi connectivity index (χ1n) is 7.91. The van der Waals surface area contributed by atoms with Crippen molar-refractivity contribution in [1.29, 1.82) is 5.26 Å². The van der Waals surface area contributed by atoms with Crippen LogP contribution in [0.2, 0.25) is 0 Å². The molecule has 6 heteroatoms. The molecule has 1 aliphatic heterocycles. The van der Waals surface area contributed by atoms with Gasteiger partial charge in [-0.2, -0.15) is 5.26 Å². The fourth-order valence-corrected chi connectivity index (χ4v) is 3.19. The third kappa shape index (κ3) is 2.44. The third-order valence-corrected chi connectivity index (χ3v) is 4.19. The Labute approximate surface area is 140 Å². The molecular weight excluding hydrogens is 302 g/mol. The van der Waals surface area contributed by atoms with Crippen molar-refractivity contribution in [3.8, 4) is 6.07 Å². The molecule has 0 saturated heterocycles. The van der Waals surface area contributed by atoms with Crippen LogP contribution in [-0.2, 0) is 0 Å². The van der Waals surface area contributed by atoms with E-state index >= 15 is 0 Å². The van der Waals surface area contributed by atoms with Gasteiger partial charge in [-0.15, -0.1) is 0 Å². The number of nitrogens with zero attached hydrogens (tertiary/aromatic N) is 2. The van der Waals surface area contributed by atoms with Crippen molar-refractivity contribution in [2.75, 3.05) is 0 Å². The van der Waals surface area contributed by atoms with Crippen LogP contribution in [0.25, 0.3) is 11.1 Å². The molecule has 0 radical (unpaired) electrons.